The predicted octanol–water partition coefficient (Wildman–Crippen LogP) is 5.09. The first-order valence-electron chi connectivity index (χ1n) is 15.7. The van der Waals surface area contributed by atoms with E-state index in [1.54, 1.807) is 28.4 Å². The number of esters is 1. The summed E-state index contributed by atoms with van der Waals surface area (Å²) >= 11 is 0. The second-order valence-electron chi connectivity index (χ2n) is 11.8. The van der Waals surface area contributed by atoms with Crippen LogP contribution in [0.2, 0.25) is 0 Å². The minimum atomic E-state index is -0.735. The van der Waals surface area contributed by atoms with Crippen molar-refractivity contribution in [2.75, 3.05) is 54.7 Å². The van der Waals surface area contributed by atoms with E-state index in [2.05, 4.69) is 42.7 Å². The van der Waals surface area contributed by atoms with Crippen LogP contribution in [0, 0.1) is 11.8 Å². The van der Waals surface area contributed by atoms with Crippen LogP contribution in [0.5, 0.6) is 23.0 Å². The van der Waals surface area contributed by atoms with Gasteiger partial charge >= 0.3 is 5.97 Å². The van der Waals surface area contributed by atoms with Gasteiger partial charge in [0, 0.05) is 25.0 Å². The maximum Gasteiger partial charge on any atom is 0.308 e. The number of benzene rings is 2. The molecule has 238 valence electrons. The van der Waals surface area contributed by atoms with Crippen molar-refractivity contribution in [1.82, 2.24) is 9.80 Å². The van der Waals surface area contributed by atoms with Gasteiger partial charge in [-0.25, -0.2) is 0 Å². The normalized spacial score (nSPS) is 24.6. The molecule has 2 aliphatic heterocycles. The minimum Gasteiger partial charge on any atom is -0.493 e. The van der Waals surface area contributed by atoms with E-state index < -0.39 is 5.54 Å². The highest BCUT2D eigenvalue weighted by atomic mass is 16.5. The van der Waals surface area contributed by atoms with Crippen molar-refractivity contribution in [1.29, 1.82) is 0 Å². The van der Waals surface area contributed by atoms with Crippen molar-refractivity contribution in [3.05, 3.63) is 59.2 Å². The van der Waals surface area contributed by atoms with Gasteiger partial charge in [-0.1, -0.05) is 13.5 Å². The van der Waals surface area contributed by atoms with Gasteiger partial charge in [-0.2, -0.15) is 0 Å². The zero-order chi connectivity index (χ0) is 31.6. The van der Waals surface area contributed by atoms with Crippen molar-refractivity contribution in [3.63, 3.8) is 0 Å². The summed E-state index contributed by atoms with van der Waals surface area (Å²) in [4.78, 5) is 31.7. The minimum absolute atomic E-state index is 0.111. The standard InChI is InChI=1S/C35H46N2O7/c1-8-32(38)37-16-13-23-19-29(41-5)31(43-7)21-26(23)35(37)14-11-24(34(39)44-10-3)17-27(35)33-25-20-30(42-6)28(40-4)18-22(25)12-15-36(33)9-2/h8,18-21,24,27,33H,1,9-17H2,2-7H3/t24-,27-,33?,35+/m1/s1. The Kier molecular flexibility index (Phi) is 9.44. The lowest BCUT2D eigenvalue weighted by Crippen LogP contribution is -2.62. The van der Waals surface area contributed by atoms with Crippen LogP contribution in [0.25, 0.3) is 0 Å². The molecule has 0 bridgehead atoms. The van der Waals surface area contributed by atoms with Gasteiger partial charge in [0.15, 0.2) is 23.0 Å². The number of hydrogen-bond donors (Lipinski definition) is 0. The van der Waals surface area contributed by atoms with E-state index in [1.807, 2.05) is 11.8 Å². The lowest BCUT2D eigenvalue weighted by Gasteiger charge is -2.59. The molecule has 2 heterocycles. The smallest absolute Gasteiger partial charge is 0.308 e. The lowest BCUT2D eigenvalue weighted by molar-refractivity contribution is -0.157. The number of amides is 1. The van der Waals surface area contributed by atoms with Crippen LogP contribution in [0.3, 0.4) is 0 Å². The number of carbonyl (C=O) groups excluding carboxylic acids is 2. The summed E-state index contributed by atoms with van der Waals surface area (Å²) in [7, 11) is 6.59. The molecule has 1 aliphatic carbocycles. The second-order valence-corrected chi connectivity index (χ2v) is 11.8. The molecule has 1 spiro atoms. The molecule has 5 rings (SSSR count). The molecule has 0 N–H and O–H groups in total. The van der Waals surface area contributed by atoms with Gasteiger partial charge in [0.2, 0.25) is 5.91 Å². The van der Waals surface area contributed by atoms with Crippen LogP contribution in [0.1, 0.15) is 61.4 Å². The van der Waals surface area contributed by atoms with Crippen LogP contribution in [0.4, 0.5) is 0 Å². The van der Waals surface area contributed by atoms with Gasteiger partial charge in [-0.05, 0) is 98.2 Å². The van der Waals surface area contributed by atoms with Crippen molar-refractivity contribution >= 4 is 11.9 Å². The second kappa shape index (κ2) is 13.1. The molecule has 0 saturated heterocycles. The van der Waals surface area contributed by atoms with Gasteiger partial charge in [-0.15, -0.1) is 0 Å². The third kappa shape index (κ3) is 5.19. The van der Waals surface area contributed by atoms with Crippen LogP contribution in [-0.4, -0.2) is 76.4 Å². The van der Waals surface area contributed by atoms with E-state index in [0.717, 1.165) is 36.2 Å². The molecule has 1 saturated carbocycles. The van der Waals surface area contributed by atoms with Gasteiger partial charge in [-0.3, -0.25) is 14.5 Å². The molecule has 9 nitrogen and oxygen atoms in total. The first-order valence-corrected chi connectivity index (χ1v) is 15.7. The highest BCUT2D eigenvalue weighted by Crippen LogP contribution is 2.59. The molecule has 1 unspecified atom stereocenters. The third-order valence-electron chi connectivity index (χ3n) is 10.1. The number of rotatable bonds is 9. The van der Waals surface area contributed by atoms with E-state index in [4.69, 9.17) is 23.7 Å². The summed E-state index contributed by atoms with van der Waals surface area (Å²) in [6, 6.07) is 8.19. The van der Waals surface area contributed by atoms with Crippen LogP contribution < -0.4 is 18.9 Å². The van der Waals surface area contributed by atoms with Gasteiger partial charge in [0.25, 0.3) is 0 Å². The summed E-state index contributed by atoms with van der Waals surface area (Å²) in [5.41, 5.74) is 3.77. The predicted molar refractivity (Wildman–Crippen MR) is 168 cm³/mol. The SMILES string of the molecule is C=CC(=O)N1CCc2cc(OC)c(OC)cc2[C@]12CC[C@@H](C(=O)OCC)C[C@@H]2C1c2cc(OC)c(OC)cc2CCN1CC. The highest BCUT2D eigenvalue weighted by Gasteiger charge is 2.57. The summed E-state index contributed by atoms with van der Waals surface area (Å²) in [5, 5.41) is 0. The maximum atomic E-state index is 13.9. The van der Waals surface area contributed by atoms with Crippen molar-refractivity contribution < 1.29 is 33.3 Å². The number of methoxy groups -OCH3 is 4. The Balaban J connectivity index is 1.80. The first-order chi connectivity index (χ1) is 21.3. The zero-order valence-corrected chi connectivity index (χ0v) is 26.9. The summed E-state index contributed by atoms with van der Waals surface area (Å²) in [6.45, 7) is 10.4. The summed E-state index contributed by atoms with van der Waals surface area (Å²) < 4.78 is 28.6. The topological polar surface area (TPSA) is 86.8 Å². The Morgan fingerprint density at radius 1 is 0.909 bits per heavy atom. The number of nitrogens with zero attached hydrogens (tertiary/aromatic N) is 2. The molecule has 44 heavy (non-hydrogen) atoms. The fraction of sp³-hybridized carbons (Fsp3) is 0.543. The molecule has 4 atom stereocenters. The summed E-state index contributed by atoms with van der Waals surface area (Å²) in [6.07, 6.45) is 4.71. The molecular formula is C35H46N2O7. The van der Waals surface area contributed by atoms with E-state index >= 15 is 0 Å². The highest BCUT2D eigenvalue weighted by molar-refractivity contribution is 5.88. The van der Waals surface area contributed by atoms with E-state index in [1.165, 1.54) is 11.6 Å². The molecule has 3 aliphatic rings. The average molecular weight is 607 g/mol. The molecule has 9 heteroatoms. The molecule has 0 radical (unpaired) electrons. The van der Waals surface area contributed by atoms with Gasteiger partial charge < -0.3 is 28.6 Å². The molecular weight excluding hydrogens is 560 g/mol. The first kappa shape index (κ1) is 31.7. The van der Waals surface area contributed by atoms with Gasteiger partial charge in [0.1, 0.15) is 0 Å². The lowest BCUT2D eigenvalue weighted by atomic mass is 9.58. The largest absolute Gasteiger partial charge is 0.493 e. The zero-order valence-electron chi connectivity index (χ0n) is 26.9. The Hall–Kier alpha value is -3.72. The van der Waals surface area contributed by atoms with Crippen molar-refractivity contribution in [2.45, 2.75) is 57.5 Å². The Bertz CT molecular complexity index is 1410. The molecule has 1 fully saturated rings. The van der Waals surface area contributed by atoms with Gasteiger partial charge in [0.05, 0.1) is 46.5 Å². The average Bonchev–Trinajstić information content (AvgIpc) is 3.06. The Morgan fingerprint density at radius 3 is 2.14 bits per heavy atom. The number of ether oxygens (including phenoxy) is 5. The summed E-state index contributed by atoms with van der Waals surface area (Å²) in [5.74, 6) is 1.89. The van der Waals surface area contributed by atoms with Crippen molar-refractivity contribution in [2.24, 2.45) is 11.8 Å². The van der Waals surface area contributed by atoms with Crippen LogP contribution in [0.15, 0.2) is 36.9 Å². The Labute approximate surface area is 261 Å². The van der Waals surface area contributed by atoms with E-state index in [0.29, 0.717) is 61.8 Å². The van der Waals surface area contributed by atoms with Crippen LogP contribution in [-0.2, 0) is 32.7 Å². The third-order valence-corrected chi connectivity index (χ3v) is 10.1. The maximum absolute atomic E-state index is 13.9. The monoisotopic (exact) mass is 606 g/mol. The van der Waals surface area contributed by atoms with E-state index in [-0.39, 0.29) is 29.8 Å². The quantitative estimate of drug-likeness (QED) is 0.289. The molecule has 0 aromatic heterocycles. The number of fused-ring (bicyclic) bond motifs is 3. The number of carbonyl (C=O) groups is 2. The van der Waals surface area contributed by atoms with Crippen molar-refractivity contribution in [3.8, 4) is 23.0 Å². The Morgan fingerprint density at radius 2 is 1.52 bits per heavy atom. The number of hydrogen-bond acceptors (Lipinski definition) is 8. The van der Waals surface area contributed by atoms with Crippen LogP contribution >= 0.6 is 0 Å². The molecule has 2 aromatic carbocycles. The molecule has 2 aromatic rings. The fourth-order valence-corrected chi connectivity index (χ4v) is 8.11. The molecule has 1 amide bonds. The number of likely N-dealkylation sites (N-methyl/N-ethyl adjacent to an activating group) is 1. The fourth-order valence-electron chi connectivity index (χ4n) is 8.11. The van der Waals surface area contributed by atoms with E-state index in [9.17, 15) is 9.59 Å².